The molecule has 0 spiro atoms. The standard InChI is InChI=1S/C15H17F4NO3/c16-10-3-4-12(23-9-15(17,18)19)11(7-10)20-13(21)8-14(22)5-1-2-6-14/h3-4,7,22H,1-2,5-6,8-9H2,(H,20,21). The van der Waals surface area contributed by atoms with Gasteiger partial charge in [-0.25, -0.2) is 4.39 Å². The van der Waals surface area contributed by atoms with Gasteiger partial charge in [0.25, 0.3) is 0 Å². The highest BCUT2D eigenvalue weighted by atomic mass is 19.4. The third-order valence-corrected chi connectivity index (χ3v) is 3.63. The number of anilines is 1. The molecule has 1 aliphatic rings. The molecule has 0 aliphatic heterocycles. The molecule has 1 saturated carbocycles. The molecule has 2 N–H and O–H groups in total. The second-order valence-electron chi connectivity index (χ2n) is 5.70. The van der Waals surface area contributed by atoms with Gasteiger partial charge in [0, 0.05) is 6.07 Å². The third-order valence-electron chi connectivity index (χ3n) is 3.63. The van der Waals surface area contributed by atoms with Crippen LogP contribution in [0.15, 0.2) is 18.2 Å². The largest absolute Gasteiger partial charge is 0.482 e. The number of halogens is 4. The molecule has 0 heterocycles. The van der Waals surface area contributed by atoms with E-state index in [4.69, 9.17) is 0 Å². The fourth-order valence-corrected chi connectivity index (χ4v) is 2.59. The fraction of sp³-hybridized carbons (Fsp3) is 0.533. The molecular weight excluding hydrogens is 318 g/mol. The van der Waals surface area contributed by atoms with E-state index in [-0.39, 0.29) is 17.9 Å². The summed E-state index contributed by atoms with van der Waals surface area (Å²) >= 11 is 0. The van der Waals surface area contributed by atoms with Crippen LogP contribution in [0, 0.1) is 5.82 Å². The van der Waals surface area contributed by atoms with Crippen LogP contribution in [0.4, 0.5) is 23.2 Å². The summed E-state index contributed by atoms with van der Waals surface area (Å²) in [5.74, 6) is -1.61. The van der Waals surface area contributed by atoms with Gasteiger partial charge in [0.05, 0.1) is 17.7 Å². The monoisotopic (exact) mass is 335 g/mol. The van der Waals surface area contributed by atoms with E-state index in [2.05, 4.69) is 10.1 Å². The van der Waals surface area contributed by atoms with Crippen LogP contribution in [0.25, 0.3) is 0 Å². The van der Waals surface area contributed by atoms with Crippen molar-refractivity contribution >= 4 is 11.6 Å². The first kappa shape index (κ1) is 17.5. The van der Waals surface area contributed by atoms with Crippen molar-refractivity contribution in [2.75, 3.05) is 11.9 Å². The molecule has 128 valence electrons. The van der Waals surface area contributed by atoms with Gasteiger partial charge >= 0.3 is 6.18 Å². The number of hydrogen-bond donors (Lipinski definition) is 2. The highest BCUT2D eigenvalue weighted by molar-refractivity contribution is 5.92. The van der Waals surface area contributed by atoms with Crippen molar-refractivity contribution in [3.8, 4) is 5.75 Å². The van der Waals surface area contributed by atoms with Crippen molar-refractivity contribution in [3.05, 3.63) is 24.0 Å². The van der Waals surface area contributed by atoms with Crippen molar-refractivity contribution in [2.24, 2.45) is 0 Å². The van der Waals surface area contributed by atoms with Crippen molar-refractivity contribution in [2.45, 2.75) is 43.9 Å². The van der Waals surface area contributed by atoms with Crippen LogP contribution in [0.1, 0.15) is 32.1 Å². The van der Waals surface area contributed by atoms with E-state index in [0.29, 0.717) is 12.8 Å². The number of nitrogens with one attached hydrogen (secondary N) is 1. The number of amides is 1. The molecule has 4 nitrogen and oxygen atoms in total. The number of aliphatic hydroxyl groups is 1. The number of carbonyl (C=O) groups is 1. The van der Waals surface area contributed by atoms with E-state index in [1.807, 2.05) is 0 Å². The van der Waals surface area contributed by atoms with Crippen molar-refractivity contribution in [1.29, 1.82) is 0 Å². The number of ether oxygens (including phenoxy) is 1. The van der Waals surface area contributed by atoms with Crippen LogP contribution in [-0.2, 0) is 4.79 Å². The first-order valence-corrected chi connectivity index (χ1v) is 7.18. The minimum atomic E-state index is -4.55. The second kappa shape index (κ2) is 6.74. The van der Waals surface area contributed by atoms with E-state index in [0.717, 1.165) is 31.0 Å². The highest BCUT2D eigenvalue weighted by Gasteiger charge is 2.34. The second-order valence-corrected chi connectivity index (χ2v) is 5.70. The van der Waals surface area contributed by atoms with Crippen molar-refractivity contribution < 1.29 is 32.2 Å². The molecule has 1 aromatic carbocycles. The van der Waals surface area contributed by atoms with Crippen LogP contribution >= 0.6 is 0 Å². The molecule has 0 radical (unpaired) electrons. The predicted octanol–water partition coefficient (Wildman–Crippen LogP) is 3.40. The highest BCUT2D eigenvalue weighted by Crippen LogP contribution is 2.33. The smallest absolute Gasteiger partial charge is 0.422 e. The van der Waals surface area contributed by atoms with Gasteiger partial charge in [0.15, 0.2) is 6.61 Å². The average molecular weight is 335 g/mol. The maximum absolute atomic E-state index is 13.3. The lowest BCUT2D eigenvalue weighted by Crippen LogP contribution is -2.31. The zero-order valence-corrected chi connectivity index (χ0v) is 12.3. The Bertz CT molecular complexity index is 568. The summed E-state index contributed by atoms with van der Waals surface area (Å²) < 4.78 is 54.5. The maximum atomic E-state index is 13.3. The summed E-state index contributed by atoms with van der Waals surface area (Å²) in [5.41, 5.74) is -1.30. The molecule has 0 saturated heterocycles. The van der Waals surface area contributed by atoms with Gasteiger partial charge in [-0.15, -0.1) is 0 Å². The lowest BCUT2D eigenvalue weighted by molar-refractivity contribution is -0.153. The predicted molar refractivity (Wildman–Crippen MR) is 74.6 cm³/mol. The van der Waals surface area contributed by atoms with E-state index in [1.165, 1.54) is 0 Å². The first-order valence-electron chi connectivity index (χ1n) is 7.18. The minimum Gasteiger partial charge on any atom is -0.482 e. The van der Waals surface area contributed by atoms with Crippen molar-refractivity contribution in [3.63, 3.8) is 0 Å². The Labute approximate surface area is 130 Å². The van der Waals surface area contributed by atoms with E-state index < -0.39 is 30.1 Å². The topological polar surface area (TPSA) is 58.6 Å². The lowest BCUT2D eigenvalue weighted by Gasteiger charge is -2.21. The van der Waals surface area contributed by atoms with Gasteiger partial charge in [-0.1, -0.05) is 12.8 Å². The SMILES string of the molecule is O=C(CC1(O)CCCC1)Nc1cc(F)ccc1OCC(F)(F)F. The van der Waals surface area contributed by atoms with Gasteiger partial charge in [-0.2, -0.15) is 13.2 Å². The van der Waals surface area contributed by atoms with Crippen molar-refractivity contribution in [1.82, 2.24) is 0 Å². The lowest BCUT2D eigenvalue weighted by atomic mass is 9.97. The molecular formula is C15H17F4NO3. The molecule has 1 aliphatic carbocycles. The zero-order valence-electron chi connectivity index (χ0n) is 12.3. The molecule has 0 aromatic heterocycles. The summed E-state index contributed by atoms with van der Waals surface area (Å²) in [7, 11) is 0. The molecule has 8 heteroatoms. The van der Waals surface area contributed by atoms with Crippen LogP contribution in [0.5, 0.6) is 5.75 Å². The average Bonchev–Trinajstić information content (AvgIpc) is 2.82. The Morgan fingerprint density at radius 1 is 1.30 bits per heavy atom. The molecule has 1 fully saturated rings. The molecule has 23 heavy (non-hydrogen) atoms. The zero-order chi connectivity index (χ0) is 17.1. The Morgan fingerprint density at radius 2 is 1.96 bits per heavy atom. The first-order chi connectivity index (χ1) is 10.7. The summed E-state index contributed by atoms with van der Waals surface area (Å²) in [4.78, 5) is 12.0. The number of alkyl halides is 3. The molecule has 1 aromatic rings. The summed E-state index contributed by atoms with van der Waals surface area (Å²) in [5, 5.41) is 12.5. The fourth-order valence-electron chi connectivity index (χ4n) is 2.59. The molecule has 0 unspecified atom stereocenters. The Balaban J connectivity index is 2.05. The minimum absolute atomic E-state index is 0.192. The van der Waals surface area contributed by atoms with Gasteiger partial charge in [-0.05, 0) is 25.0 Å². The number of carbonyl (C=O) groups excluding carboxylic acids is 1. The normalized spacial score (nSPS) is 17.1. The van der Waals surface area contributed by atoms with Crippen LogP contribution < -0.4 is 10.1 Å². The summed E-state index contributed by atoms with van der Waals surface area (Å²) in [6.45, 7) is -1.55. The Hall–Kier alpha value is -1.83. The molecule has 0 bridgehead atoms. The number of benzene rings is 1. The Kier molecular flexibility index (Phi) is 5.13. The van der Waals surface area contributed by atoms with E-state index in [1.54, 1.807) is 0 Å². The molecule has 0 atom stereocenters. The van der Waals surface area contributed by atoms with Crippen LogP contribution in [0.2, 0.25) is 0 Å². The van der Waals surface area contributed by atoms with Crippen LogP contribution in [-0.4, -0.2) is 29.4 Å². The van der Waals surface area contributed by atoms with E-state index >= 15 is 0 Å². The summed E-state index contributed by atoms with van der Waals surface area (Å²) in [6, 6.07) is 2.83. The van der Waals surface area contributed by atoms with Gasteiger partial charge < -0.3 is 15.2 Å². The number of rotatable bonds is 5. The van der Waals surface area contributed by atoms with Gasteiger partial charge in [-0.3, -0.25) is 4.79 Å². The summed E-state index contributed by atoms with van der Waals surface area (Å²) in [6.07, 6.45) is -2.15. The quantitative estimate of drug-likeness (QED) is 0.811. The molecule has 2 rings (SSSR count). The van der Waals surface area contributed by atoms with Gasteiger partial charge in [0.2, 0.25) is 5.91 Å². The number of hydrogen-bond acceptors (Lipinski definition) is 3. The third kappa shape index (κ3) is 5.38. The van der Waals surface area contributed by atoms with Gasteiger partial charge in [0.1, 0.15) is 11.6 Å². The molecule has 1 amide bonds. The van der Waals surface area contributed by atoms with Crippen LogP contribution in [0.3, 0.4) is 0 Å². The Morgan fingerprint density at radius 3 is 2.57 bits per heavy atom. The maximum Gasteiger partial charge on any atom is 0.422 e. The van der Waals surface area contributed by atoms with E-state index in [9.17, 15) is 27.5 Å².